The van der Waals surface area contributed by atoms with Gasteiger partial charge in [-0.15, -0.1) is 0 Å². The number of imidazole rings is 1. The minimum Gasteiger partial charge on any atom is -0.492 e. The summed E-state index contributed by atoms with van der Waals surface area (Å²) < 4.78 is 8.14. The number of nitrogens with zero attached hydrogens (tertiary/aromatic N) is 4. The molecule has 0 spiro atoms. The third-order valence-electron chi connectivity index (χ3n) is 6.41. The molecule has 0 radical (unpaired) electrons. The largest absolute Gasteiger partial charge is 0.492 e. The van der Waals surface area contributed by atoms with E-state index in [1.165, 1.54) is 12.0 Å². The molecule has 2 aliphatic rings. The lowest BCUT2D eigenvalue weighted by molar-refractivity contribution is 0.0718. The molecule has 2 aromatic carbocycles. The highest BCUT2D eigenvalue weighted by Gasteiger charge is 2.32. The molecule has 3 heterocycles. The Balaban J connectivity index is 1.37. The fourth-order valence-electron chi connectivity index (χ4n) is 4.75. The van der Waals surface area contributed by atoms with Gasteiger partial charge < -0.3 is 14.2 Å². The Labute approximate surface area is 189 Å². The highest BCUT2D eigenvalue weighted by molar-refractivity contribution is 5.92. The number of amides is 1. The van der Waals surface area contributed by atoms with Gasteiger partial charge in [-0.1, -0.05) is 48.5 Å². The smallest absolute Gasteiger partial charge is 0.274 e. The summed E-state index contributed by atoms with van der Waals surface area (Å²) in [7, 11) is 0. The highest BCUT2D eigenvalue weighted by atomic mass is 16.5. The monoisotopic (exact) mass is 430 g/mol. The van der Waals surface area contributed by atoms with Crippen LogP contribution in [-0.2, 0) is 6.54 Å². The molecule has 32 heavy (non-hydrogen) atoms. The molecule has 6 heteroatoms. The maximum atomic E-state index is 13.1. The maximum absolute atomic E-state index is 13.1. The van der Waals surface area contributed by atoms with E-state index in [4.69, 9.17) is 9.72 Å². The van der Waals surface area contributed by atoms with E-state index in [0.717, 1.165) is 57.1 Å². The average Bonchev–Trinajstić information content (AvgIpc) is 3.29. The lowest BCUT2D eigenvalue weighted by Crippen LogP contribution is -2.41. The van der Waals surface area contributed by atoms with Crippen molar-refractivity contribution >= 4 is 5.91 Å². The molecule has 0 saturated carbocycles. The summed E-state index contributed by atoms with van der Waals surface area (Å²) in [5, 5.41) is 0. The van der Waals surface area contributed by atoms with Gasteiger partial charge in [-0.3, -0.25) is 9.69 Å². The molecule has 6 nitrogen and oxygen atoms in total. The predicted molar refractivity (Wildman–Crippen MR) is 124 cm³/mol. The Bertz CT molecular complexity index is 1030. The van der Waals surface area contributed by atoms with Crippen LogP contribution in [0.15, 0.2) is 66.9 Å². The molecule has 0 bridgehead atoms. The molecule has 5 rings (SSSR count). The van der Waals surface area contributed by atoms with E-state index in [-0.39, 0.29) is 11.9 Å². The summed E-state index contributed by atoms with van der Waals surface area (Å²) in [4.78, 5) is 22.3. The zero-order valence-electron chi connectivity index (χ0n) is 18.4. The first-order valence-corrected chi connectivity index (χ1v) is 11.6. The standard InChI is InChI=1S/C26H30N4O2/c31-26(29-14-8-3-9-15-29)23-20-30-17-16-28(18-19-32-22-12-6-2-7-13-22)24(25(30)27-23)21-10-4-1-5-11-21/h1-2,4-7,10-13,20,24H,3,8-9,14-19H2. The van der Waals surface area contributed by atoms with E-state index in [1.807, 2.05) is 47.5 Å². The van der Waals surface area contributed by atoms with Crippen molar-refractivity contribution in [2.45, 2.75) is 31.8 Å². The number of rotatable bonds is 6. The molecule has 166 valence electrons. The van der Waals surface area contributed by atoms with E-state index in [9.17, 15) is 4.79 Å². The number of benzene rings is 2. The number of likely N-dealkylation sites (tertiary alicyclic amines) is 1. The lowest BCUT2D eigenvalue weighted by Gasteiger charge is -2.36. The van der Waals surface area contributed by atoms with Crippen LogP contribution in [0.1, 0.15) is 47.2 Å². The number of carbonyl (C=O) groups excluding carboxylic acids is 1. The van der Waals surface area contributed by atoms with Crippen LogP contribution < -0.4 is 4.74 Å². The van der Waals surface area contributed by atoms with E-state index >= 15 is 0 Å². The van der Waals surface area contributed by atoms with Crippen LogP contribution in [0.3, 0.4) is 0 Å². The summed E-state index contributed by atoms with van der Waals surface area (Å²) in [5.41, 5.74) is 1.76. The van der Waals surface area contributed by atoms with Crippen molar-refractivity contribution in [2.24, 2.45) is 0 Å². The molecule has 1 aromatic heterocycles. The Morgan fingerprint density at radius 2 is 1.62 bits per heavy atom. The summed E-state index contributed by atoms with van der Waals surface area (Å²) in [6.07, 6.45) is 5.34. The van der Waals surface area contributed by atoms with Crippen LogP contribution in [-0.4, -0.2) is 58.0 Å². The topological polar surface area (TPSA) is 50.6 Å². The molecule has 3 aromatic rings. The molecule has 1 unspecified atom stereocenters. The summed E-state index contributed by atoms with van der Waals surface area (Å²) >= 11 is 0. The third-order valence-corrected chi connectivity index (χ3v) is 6.41. The van der Waals surface area contributed by atoms with Gasteiger partial charge in [-0.25, -0.2) is 4.98 Å². The normalized spacial score (nSPS) is 18.9. The second-order valence-electron chi connectivity index (χ2n) is 8.54. The van der Waals surface area contributed by atoms with Crippen LogP contribution >= 0.6 is 0 Å². The van der Waals surface area contributed by atoms with Gasteiger partial charge in [0.05, 0.1) is 6.04 Å². The first-order chi connectivity index (χ1) is 15.8. The van der Waals surface area contributed by atoms with Gasteiger partial charge in [0.15, 0.2) is 0 Å². The molecule has 1 saturated heterocycles. The van der Waals surface area contributed by atoms with E-state index < -0.39 is 0 Å². The Hall–Kier alpha value is -3.12. The van der Waals surface area contributed by atoms with E-state index in [2.05, 4.69) is 33.7 Å². The minimum absolute atomic E-state index is 0.00669. The number of hydrogen-bond donors (Lipinski definition) is 0. The first kappa shape index (κ1) is 20.8. The fourth-order valence-corrected chi connectivity index (χ4v) is 4.75. The summed E-state index contributed by atoms with van der Waals surface area (Å²) in [6, 6.07) is 20.4. The molecular weight excluding hydrogens is 400 g/mol. The van der Waals surface area contributed by atoms with Crippen molar-refractivity contribution in [3.8, 4) is 5.75 Å². The number of fused-ring (bicyclic) bond motifs is 1. The van der Waals surface area contributed by atoms with Crippen LogP contribution in [0.4, 0.5) is 0 Å². The highest BCUT2D eigenvalue weighted by Crippen LogP contribution is 2.31. The van der Waals surface area contributed by atoms with Crippen molar-refractivity contribution in [1.29, 1.82) is 0 Å². The van der Waals surface area contributed by atoms with Crippen molar-refractivity contribution < 1.29 is 9.53 Å². The minimum atomic E-state index is 0.00669. The molecule has 1 atom stereocenters. The van der Waals surface area contributed by atoms with E-state index in [1.54, 1.807) is 0 Å². The van der Waals surface area contributed by atoms with Crippen molar-refractivity contribution in [2.75, 3.05) is 32.8 Å². The molecule has 1 amide bonds. The van der Waals surface area contributed by atoms with E-state index in [0.29, 0.717) is 12.3 Å². The van der Waals surface area contributed by atoms with Gasteiger partial charge in [0.25, 0.3) is 5.91 Å². The maximum Gasteiger partial charge on any atom is 0.274 e. The lowest BCUT2D eigenvalue weighted by atomic mass is 10.0. The van der Waals surface area contributed by atoms with Crippen LogP contribution in [0.2, 0.25) is 0 Å². The number of aromatic nitrogens is 2. The Kier molecular flexibility index (Phi) is 6.21. The second kappa shape index (κ2) is 9.57. The Morgan fingerprint density at radius 3 is 2.38 bits per heavy atom. The van der Waals surface area contributed by atoms with Gasteiger partial charge >= 0.3 is 0 Å². The summed E-state index contributed by atoms with van der Waals surface area (Å²) in [5.74, 6) is 1.90. The van der Waals surface area contributed by atoms with Gasteiger partial charge in [0.2, 0.25) is 0 Å². The van der Waals surface area contributed by atoms with Crippen LogP contribution in [0.5, 0.6) is 5.75 Å². The molecule has 0 aliphatic carbocycles. The van der Waals surface area contributed by atoms with Gasteiger partial charge in [0.1, 0.15) is 23.9 Å². The first-order valence-electron chi connectivity index (χ1n) is 11.6. The van der Waals surface area contributed by atoms with Crippen LogP contribution in [0, 0.1) is 0 Å². The Morgan fingerprint density at radius 1 is 0.906 bits per heavy atom. The average molecular weight is 431 g/mol. The quantitative estimate of drug-likeness (QED) is 0.593. The third kappa shape index (κ3) is 4.41. The van der Waals surface area contributed by atoms with Gasteiger partial charge in [-0.05, 0) is 37.0 Å². The van der Waals surface area contributed by atoms with Crippen molar-refractivity contribution in [3.05, 3.63) is 83.9 Å². The number of para-hydroxylation sites is 1. The van der Waals surface area contributed by atoms with Gasteiger partial charge in [-0.2, -0.15) is 0 Å². The van der Waals surface area contributed by atoms with Crippen LogP contribution in [0.25, 0.3) is 0 Å². The summed E-state index contributed by atoms with van der Waals surface area (Å²) in [6.45, 7) is 4.78. The number of hydrogen-bond acceptors (Lipinski definition) is 4. The number of carbonyl (C=O) groups is 1. The molecule has 0 N–H and O–H groups in total. The zero-order valence-corrected chi connectivity index (χ0v) is 18.4. The molecule has 2 aliphatic heterocycles. The van der Waals surface area contributed by atoms with Crippen molar-refractivity contribution in [3.63, 3.8) is 0 Å². The van der Waals surface area contributed by atoms with Crippen molar-refractivity contribution in [1.82, 2.24) is 19.4 Å². The van der Waals surface area contributed by atoms with Gasteiger partial charge in [0, 0.05) is 38.9 Å². The molecular formula is C26H30N4O2. The second-order valence-corrected chi connectivity index (χ2v) is 8.54. The fraction of sp³-hybridized carbons (Fsp3) is 0.385. The SMILES string of the molecule is O=C(c1cn2c(n1)C(c1ccccc1)N(CCOc1ccccc1)CC2)N1CCCCC1. The number of ether oxygens (including phenoxy) is 1. The molecule has 1 fully saturated rings. The predicted octanol–water partition coefficient (Wildman–Crippen LogP) is 3.99. The zero-order chi connectivity index (χ0) is 21.8. The number of piperidine rings is 1.